The van der Waals surface area contributed by atoms with Gasteiger partial charge in [-0.1, -0.05) is 23.9 Å². The maximum absolute atomic E-state index is 4.69. The Bertz CT molecular complexity index is 981. The fourth-order valence-corrected chi connectivity index (χ4v) is 3.69. The Labute approximate surface area is 145 Å². The number of H-pyrrole nitrogens is 1. The third-order valence-corrected chi connectivity index (χ3v) is 5.47. The van der Waals surface area contributed by atoms with Gasteiger partial charge in [-0.25, -0.2) is 15.0 Å². The molecule has 4 rings (SSSR count). The van der Waals surface area contributed by atoms with Gasteiger partial charge in [0.1, 0.15) is 5.82 Å². The van der Waals surface area contributed by atoms with Crippen LogP contribution in [-0.4, -0.2) is 24.5 Å². The molecule has 0 amide bonds. The molecule has 0 spiro atoms. The summed E-state index contributed by atoms with van der Waals surface area (Å²) in [5.41, 5.74) is 4.80. The maximum atomic E-state index is 4.69. The number of hydrogen-bond donors (Lipinski definition) is 1. The van der Waals surface area contributed by atoms with Gasteiger partial charge in [0.05, 0.1) is 28.0 Å². The van der Waals surface area contributed by atoms with E-state index in [0.717, 1.165) is 49.1 Å². The molecule has 5 nitrogen and oxygen atoms in total. The van der Waals surface area contributed by atoms with Gasteiger partial charge in [0.15, 0.2) is 10.8 Å². The summed E-state index contributed by atoms with van der Waals surface area (Å²) in [6, 6.07) is 10.2. The number of aromatic nitrogens is 5. The van der Waals surface area contributed by atoms with E-state index in [1.807, 2.05) is 38.2 Å². The number of hydrogen-bond acceptors (Lipinski definition) is 4. The second kappa shape index (κ2) is 5.65. The lowest BCUT2D eigenvalue weighted by Crippen LogP contribution is -1.95. The Morgan fingerprint density at radius 3 is 2.87 bits per heavy atom. The van der Waals surface area contributed by atoms with Crippen LogP contribution >= 0.6 is 27.7 Å². The summed E-state index contributed by atoms with van der Waals surface area (Å²) < 4.78 is 3.12. The number of nitrogens with one attached hydrogen (secondary N) is 1. The summed E-state index contributed by atoms with van der Waals surface area (Å²) in [5.74, 6) is 1.78. The van der Waals surface area contributed by atoms with Crippen molar-refractivity contribution >= 4 is 49.9 Å². The first-order valence-electron chi connectivity index (χ1n) is 7.18. The van der Waals surface area contributed by atoms with Crippen molar-refractivity contribution in [1.82, 2.24) is 24.5 Å². The summed E-state index contributed by atoms with van der Waals surface area (Å²) in [5, 5.41) is 0.858. The zero-order chi connectivity index (χ0) is 16.0. The second-order valence-corrected chi connectivity index (χ2v) is 7.15. The minimum absolute atomic E-state index is 0.748. The standard InChI is InChI=1S/C16H14BrN5S/c1-9-10(17)7-12-15(18-9)21-16(20-12)23-8-14-19-11-5-3-4-6-13(11)22(14)2/h3-7H,8H2,1-2H3,(H,18,20,21). The topological polar surface area (TPSA) is 59.4 Å². The number of benzene rings is 1. The van der Waals surface area contributed by atoms with Crippen molar-refractivity contribution in [3.63, 3.8) is 0 Å². The Balaban J connectivity index is 1.61. The van der Waals surface area contributed by atoms with E-state index < -0.39 is 0 Å². The smallest absolute Gasteiger partial charge is 0.178 e. The number of halogens is 1. The van der Waals surface area contributed by atoms with Gasteiger partial charge in [0, 0.05) is 11.5 Å². The first-order valence-corrected chi connectivity index (χ1v) is 8.95. The van der Waals surface area contributed by atoms with Crippen LogP contribution < -0.4 is 0 Å². The lowest BCUT2D eigenvalue weighted by atomic mass is 10.3. The lowest BCUT2D eigenvalue weighted by molar-refractivity contribution is 0.874. The molecule has 7 heteroatoms. The van der Waals surface area contributed by atoms with Crippen molar-refractivity contribution in [2.24, 2.45) is 7.05 Å². The predicted octanol–water partition coefficient (Wildman–Crippen LogP) is 4.21. The largest absolute Gasteiger partial charge is 0.331 e. The van der Waals surface area contributed by atoms with Gasteiger partial charge >= 0.3 is 0 Å². The Morgan fingerprint density at radius 1 is 1.22 bits per heavy atom. The van der Waals surface area contributed by atoms with Crippen LogP contribution in [0, 0.1) is 6.92 Å². The van der Waals surface area contributed by atoms with Gasteiger partial charge in [-0.15, -0.1) is 0 Å². The van der Waals surface area contributed by atoms with E-state index in [1.54, 1.807) is 11.8 Å². The van der Waals surface area contributed by atoms with Crippen LogP contribution in [-0.2, 0) is 12.8 Å². The highest BCUT2D eigenvalue weighted by Crippen LogP contribution is 2.26. The third kappa shape index (κ3) is 2.64. The van der Waals surface area contributed by atoms with Gasteiger partial charge in [0.25, 0.3) is 0 Å². The SMILES string of the molecule is Cc1nc2nc(SCc3nc4ccccc4n3C)[nH]c2cc1Br. The van der Waals surface area contributed by atoms with Crippen LogP contribution in [0.2, 0.25) is 0 Å². The number of thioether (sulfide) groups is 1. The molecule has 0 saturated carbocycles. The minimum Gasteiger partial charge on any atom is -0.331 e. The second-order valence-electron chi connectivity index (χ2n) is 5.33. The zero-order valence-electron chi connectivity index (χ0n) is 12.7. The fourth-order valence-electron chi connectivity index (χ4n) is 2.51. The molecule has 0 bridgehead atoms. The minimum atomic E-state index is 0.748. The fraction of sp³-hybridized carbons (Fsp3) is 0.188. The molecule has 0 fully saturated rings. The molecule has 3 aromatic heterocycles. The van der Waals surface area contributed by atoms with Crippen LogP contribution in [0.5, 0.6) is 0 Å². The molecule has 0 atom stereocenters. The van der Waals surface area contributed by atoms with Gasteiger partial charge in [0.2, 0.25) is 0 Å². The van der Waals surface area contributed by atoms with Gasteiger partial charge in [-0.05, 0) is 41.1 Å². The van der Waals surface area contributed by atoms with Crippen molar-refractivity contribution in [2.75, 3.05) is 0 Å². The van der Waals surface area contributed by atoms with E-state index in [2.05, 4.69) is 46.5 Å². The first-order chi connectivity index (χ1) is 11.1. The summed E-state index contributed by atoms with van der Waals surface area (Å²) in [4.78, 5) is 17.0. The number of rotatable bonds is 3. The molecule has 0 aliphatic carbocycles. The van der Waals surface area contributed by atoms with E-state index in [9.17, 15) is 0 Å². The average molecular weight is 388 g/mol. The predicted molar refractivity (Wildman–Crippen MR) is 96.6 cm³/mol. The number of nitrogens with zero attached hydrogens (tertiary/aromatic N) is 4. The average Bonchev–Trinajstić information content (AvgIpc) is 3.07. The Kier molecular flexibility index (Phi) is 3.61. The number of aromatic amines is 1. The van der Waals surface area contributed by atoms with E-state index in [0.29, 0.717) is 0 Å². The molecule has 0 aliphatic heterocycles. The van der Waals surface area contributed by atoms with Crippen molar-refractivity contribution in [3.05, 3.63) is 46.3 Å². The third-order valence-electron chi connectivity index (χ3n) is 3.80. The molecule has 0 saturated heterocycles. The monoisotopic (exact) mass is 387 g/mol. The molecular formula is C16H14BrN5S. The number of fused-ring (bicyclic) bond motifs is 2. The first kappa shape index (κ1) is 14.7. The molecule has 116 valence electrons. The Hall–Kier alpha value is -1.86. The number of imidazole rings is 2. The van der Waals surface area contributed by atoms with Crippen molar-refractivity contribution in [2.45, 2.75) is 17.8 Å². The normalized spacial score (nSPS) is 11.6. The van der Waals surface area contributed by atoms with Gasteiger partial charge in [-0.3, -0.25) is 0 Å². The van der Waals surface area contributed by atoms with Crippen molar-refractivity contribution < 1.29 is 0 Å². The molecule has 1 N–H and O–H groups in total. The van der Waals surface area contributed by atoms with Gasteiger partial charge < -0.3 is 9.55 Å². The number of para-hydroxylation sites is 2. The lowest BCUT2D eigenvalue weighted by Gasteiger charge is -2.00. The summed E-state index contributed by atoms with van der Waals surface area (Å²) in [6.45, 7) is 1.96. The van der Waals surface area contributed by atoms with E-state index in [4.69, 9.17) is 0 Å². The highest BCUT2D eigenvalue weighted by molar-refractivity contribution is 9.10. The number of pyridine rings is 1. The maximum Gasteiger partial charge on any atom is 0.178 e. The molecule has 1 aromatic carbocycles. The van der Waals surface area contributed by atoms with Crippen LogP contribution in [0.3, 0.4) is 0 Å². The highest BCUT2D eigenvalue weighted by Gasteiger charge is 2.11. The summed E-state index contributed by atoms with van der Waals surface area (Å²) in [7, 11) is 2.05. The van der Waals surface area contributed by atoms with Crippen LogP contribution in [0.15, 0.2) is 40.0 Å². The molecule has 0 aliphatic rings. The molecule has 3 heterocycles. The molecule has 0 radical (unpaired) electrons. The Morgan fingerprint density at radius 2 is 2.04 bits per heavy atom. The van der Waals surface area contributed by atoms with Crippen LogP contribution in [0.4, 0.5) is 0 Å². The summed E-state index contributed by atoms with van der Waals surface area (Å²) >= 11 is 5.14. The quantitative estimate of drug-likeness (QED) is 0.535. The molecule has 23 heavy (non-hydrogen) atoms. The van der Waals surface area contributed by atoms with Gasteiger partial charge in [-0.2, -0.15) is 0 Å². The van der Waals surface area contributed by atoms with E-state index in [1.165, 1.54) is 0 Å². The van der Waals surface area contributed by atoms with E-state index in [-0.39, 0.29) is 0 Å². The van der Waals surface area contributed by atoms with E-state index >= 15 is 0 Å². The van der Waals surface area contributed by atoms with Crippen molar-refractivity contribution in [1.29, 1.82) is 0 Å². The molecular weight excluding hydrogens is 374 g/mol. The zero-order valence-corrected chi connectivity index (χ0v) is 15.1. The van der Waals surface area contributed by atoms with Crippen molar-refractivity contribution in [3.8, 4) is 0 Å². The molecule has 4 aromatic rings. The van der Waals surface area contributed by atoms with Crippen LogP contribution in [0.1, 0.15) is 11.5 Å². The summed E-state index contributed by atoms with van der Waals surface area (Å²) in [6.07, 6.45) is 0. The highest BCUT2D eigenvalue weighted by atomic mass is 79.9. The number of aryl methyl sites for hydroxylation is 2. The van der Waals surface area contributed by atoms with Crippen LogP contribution in [0.25, 0.3) is 22.2 Å². The molecule has 0 unspecified atom stereocenters.